The topological polar surface area (TPSA) is 110 Å². The minimum absolute atomic E-state index is 0.0458. The second-order valence-electron chi connectivity index (χ2n) is 9.56. The minimum Gasteiger partial charge on any atom is -0.481 e. The zero-order valence-electron chi connectivity index (χ0n) is 20.1. The minimum atomic E-state index is -0.480. The van der Waals surface area contributed by atoms with Crippen LogP contribution in [0.1, 0.15) is 72.5 Å². The van der Waals surface area contributed by atoms with Crippen LogP contribution in [-0.2, 0) is 4.79 Å². The van der Waals surface area contributed by atoms with Crippen LogP contribution < -0.4 is 20.7 Å². The van der Waals surface area contributed by atoms with Gasteiger partial charge in [0.25, 0.3) is 5.91 Å². The number of thiophene rings is 1. The molecule has 2 unspecified atom stereocenters. The monoisotopic (exact) mass is 496 g/mol. The van der Waals surface area contributed by atoms with Crippen molar-refractivity contribution in [1.29, 1.82) is 0 Å². The first kappa shape index (κ1) is 23.6. The second-order valence-corrected chi connectivity index (χ2v) is 10.7. The Hall–Kier alpha value is -3.14. The highest BCUT2D eigenvalue weighted by molar-refractivity contribution is 7.14. The van der Waals surface area contributed by atoms with Crippen molar-refractivity contribution in [3.05, 3.63) is 40.3 Å². The van der Waals surface area contributed by atoms with E-state index in [-0.39, 0.29) is 23.9 Å². The van der Waals surface area contributed by atoms with Crippen molar-refractivity contribution < 1.29 is 14.3 Å². The third-order valence-electron chi connectivity index (χ3n) is 6.79. The van der Waals surface area contributed by atoms with Crippen LogP contribution in [0, 0.1) is 5.92 Å². The highest BCUT2D eigenvalue weighted by Gasteiger charge is 2.31. The molecule has 186 valence electrons. The van der Waals surface area contributed by atoms with Gasteiger partial charge in [-0.2, -0.15) is 10.1 Å². The average molecular weight is 497 g/mol. The smallest absolute Gasteiger partial charge is 0.262 e. The van der Waals surface area contributed by atoms with E-state index in [1.807, 2.05) is 19.1 Å². The number of rotatable bonds is 10. The van der Waals surface area contributed by atoms with Crippen molar-refractivity contribution in [3.63, 3.8) is 0 Å². The molecular formula is C25H32N6O3S. The SMILES string of the molecule is COc1ccn2ncc(NC(C)c3ccc(C(=O)NC(CC4CCCC4)C(=O)NC4CC4)s3)c2n1. The van der Waals surface area contributed by atoms with E-state index < -0.39 is 6.04 Å². The Morgan fingerprint density at radius 3 is 2.74 bits per heavy atom. The molecule has 2 amide bonds. The van der Waals surface area contributed by atoms with Crippen molar-refractivity contribution in [2.45, 2.75) is 70.0 Å². The van der Waals surface area contributed by atoms with E-state index in [0.717, 1.165) is 36.2 Å². The standard InChI is InChI=1S/C25H32N6O3S/c1-15(27-19-14-26-31-12-11-22(34-2)30-23(19)31)20-9-10-21(35-20)25(33)29-18(13-16-5-3-4-6-16)24(32)28-17-7-8-17/h9-12,14-18,27H,3-8,13H2,1-2H3,(H,28,32)(H,29,33). The van der Waals surface area contributed by atoms with Crippen LogP contribution in [0.25, 0.3) is 5.65 Å². The van der Waals surface area contributed by atoms with Crippen LogP contribution >= 0.6 is 11.3 Å². The molecule has 3 aromatic heterocycles. The summed E-state index contributed by atoms with van der Waals surface area (Å²) in [5.41, 5.74) is 1.45. The van der Waals surface area contributed by atoms with Gasteiger partial charge in [-0.25, -0.2) is 4.52 Å². The van der Waals surface area contributed by atoms with E-state index >= 15 is 0 Å². The highest BCUT2D eigenvalue weighted by Crippen LogP contribution is 2.30. The maximum absolute atomic E-state index is 13.1. The Labute approximate surface area is 208 Å². The number of aromatic nitrogens is 3. The third-order valence-corrected chi connectivity index (χ3v) is 8.06. The molecule has 3 heterocycles. The van der Waals surface area contributed by atoms with Gasteiger partial charge in [0.15, 0.2) is 5.65 Å². The summed E-state index contributed by atoms with van der Waals surface area (Å²) in [6, 6.07) is 5.27. The first-order chi connectivity index (χ1) is 17.0. The van der Waals surface area contributed by atoms with Crippen molar-refractivity contribution in [2.75, 3.05) is 12.4 Å². The highest BCUT2D eigenvalue weighted by atomic mass is 32.1. The zero-order valence-corrected chi connectivity index (χ0v) is 20.9. The van der Waals surface area contributed by atoms with E-state index in [1.165, 1.54) is 24.2 Å². The molecule has 2 aliphatic carbocycles. The van der Waals surface area contributed by atoms with Crippen LogP contribution in [0.3, 0.4) is 0 Å². The van der Waals surface area contributed by atoms with Gasteiger partial charge >= 0.3 is 0 Å². The lowest BCUT2D eigenvalue weighted by Crippen LogP contribution is -2.48. The Morgan fingerprint density at radius 1 is 1.20 bits per heavy atom. The molecule has 0 radical (unpaired) electrons. The van der Waals surface area contributed by atoms with Crippen LogP contribution in [0.5, 0.6) is 5.88 Å². The van der Waals surface area contributed by atoms with E-state index in [1.54, 1.807) is 30.1 Å². The van der Waals surface area contributed by atoms with Crippen LogP contribution in [-0.4, -0.2) is 45.6 Å². The number of fused-ring (bicyclic) bond motifs is 1. The average Bonchev–Trinajstić information content (AvgIpc) is 3.25. The summed E-state index contributed by atoms with van der Waals surface area (Å²) in [6.07, 6.45) is 11.0. The molecule has 9 nitrogen and oxygen atoms in total. The number of hydrogen-bond donors (Lipinski definition) is 3. The number of methoxy groups -OCH3 is 1. The van der Waals surface area contributed by atoms with Crippen LogP contribution in [0.4, 0.5) is 5.69 Å². The maximum Gasteiger partial charge on any atom is 0.262 e. The van der Waals surface area contributed by atoms with Crippen LogP contribution in [0.15, 0.2) is 30.6 Å². The van der Waals surface area contributed by atoms with Crippen molar-refractivity contribution in [2.24, 2.45) is 5.92 Å². The van der Waals surface area contributed by atoms with Crippen molar-refractivity contribution >= 4 is 34.5 Å². The van der Waals surface area contributed by atoms with Gasteiger partial charge in [-0.3, -0.25) is 9.59 Å². The Kier molecular flexibility index (Phi) is 6.90. The molecule has 5 rings (SSSR count). The second kappa shape index (κ2) is 10.2. The quantitative estimate of drug-likeness (QED) is 0.392. The fourth-order valence-electron chi connectivity index (χ4n) is 4.65. The van der Waals surface area contributed by atoms with E-state index in [2.05, 4.69) is 26.0 Å². The van der Waals surface area contributed by atoms with E-state index in [4.69, 9.17) is 4.74 Å². The number of carbonyl (C=O) groups excluding carboxylic acids is 2. The van der Waals surface area contributed by atoms with Gasteiger partial charge in [0.05, 0.1) is 24.2 Å². The first-order valence-corrected chi connectivity index (χ1v) is 13.2. The fraction of sp³-hybridized carbons (Fsp3) is 0.520. The van der Waals surface area contributed by atoms with Gasteiger partial charge in [-0.1, -0.05) is 25.7 Å². The number of anilines is 1. The molecule has 0 bridgehead atoms. The number of nitrogens with zero attached hydrogens (tertiary/aromatic N) is 3. The molecule has 10 heteroatoms. The van der Waals surface area contributed by atoms with Gasteiger partial charge in [-0.05, 0) is 44.2 Å². The summed E-state index contributed by atoms with van der Waals surface area (Å²) in [5.74, 6) is 0.786. The molecule has 0 aromatic carbocycles. The number of hydrogen-bond acceptors (Lipinski definition) is 7. The molecule has 0 saturated heterocycles. The molecule has 3 aromatic rings. The number of ether oxygens (including phenoxy) is 1. The lowest BCUT2D eigenvalue weighted by Gasteiger charge is -2.21. The Morgan fingerprint density at radius 2 is 2.00 bits per heavy atom. The first-order valence-electron chi connectivity index (χ1n) is 12.4. The zero-order chi connectivity index (χ0) is 24.4. The lowest BCUT2D eigenvalue weighted by atomic mass is 9.97. The van der Waals surface area contributed by atoms with Gasteiger partial charge in [-0.15, -0.1) is 11.3 Å². The number of amides is 2. The molecular weight excluding hydrogens is 464 g/mol. The summed E-state index contributed by atoms with van der Waals surface area (Å²) in [5, 5.41) is 13.9. The predicted octanol–water partition coefficient (Wildman–Crippen LogP) is 3.93. The molecule has 0 aliphatic heterocycles. The summed E-state index contributed by atoms with van der Waals surface area (Å²) in [6.45, 7) is 2.03. The largest absolute Gasteiger partial charge is 0.481 e. The van der Waals surface area contributed by atoms with Crippen molar-refractivity contribution in [1.82, 2.24) is 25.2 Å². The normalized spacial score (nSPS) is 17.8. The molecule has 35 heavy (non-hydrogen) atoms. The predicted molar refractivity (Wildman–Crippen MR) is 135 cm³/mol. The number of carbonyl (C=O) groups is 2. The summed E-state index contributed by atoms with van der Waals surface area (Å²) in [7, 11) is 1.58. The summed E-state index contributed by atoms with van der Waals surface area (Å²) < 4.78 is 6.91. The van der Waals surface area contributed by atoms with Gasteiger partial charge in [0.2, 0.25) is 11.8 Å². The van der Waals surface area contributed by atoms with Crippen molar-refractivity contribution in [3.8, 4) is 5.88 Å². The number of nitrogens with one attached hydrogen (secondary N) is 3. The fourth-order valence-corrected chi connectivity index (χ4v) is 5.56. The third kappa shape index (κ3) is 5.58. The Balaban J connectivity index is 1.25. The molecule has 2 aliphatic rings. The maximum atomic E-state index is 13.1. The summed E-state index contributed by atoms with van der Waals surface area (Å²) in [4.78, 5) is 32.0. The lowest BCUT2D eigenvalue weighted by molar-refractivity contribution is -0.123. The van der Waals surface area contributed by atoms with Gasteiger partial charge in [0.1, 0.15) is 11.7 Å². The van der Waals surface area contributed by atoms with E-state index in [0.29, 0.717) is 28.7 Å². The molecule has 2 atom stereocenters. The van der Waals surface area contributed by atoms with E-state index in [9.17, 15) is 9.59 Å². The van der Waals surface area contributed by atoms with Gasteiger partial charge in [0, 0.05) is 23.2 Å². The van der Waals surface area contributed by atoms with Gasteiger partial charge < -0.3 is 20.7 Å². The Bertz CT molecular complexity index is 1200. The molecule has 2 fully saturated rings. The molecule has 2 saturated carbocycles. The summed E-state index contributed by atoms with van der Waals surface area (Å²) >= 11 is 1.43. The molecule has 3 N–H and O–H groups in total. The molecule has 0 spiro atoms. The van der Waals surface area contributed by atoms with Crippen LogP contribution in [0.2, 0.25) is 0 Å².